The molecular weight excluding hydrogens is 420 g/mol. The first kappa shape index (κ1) is 19.1. The van der Waals surface area contributed by atoms with E-state index in [1.165, 1.54) is 11.3 Å². The fourth-order valence-corrected chi connectivity index (χ4v) is 4.39. The second kappa shape index (κ2) is 7.89. The third-order valence-electron chi connectivity index (χ3n) is 4.47. The minimum absolute atomic E-state index is 0.00302. The number of aryl methyl sites for hydroxylation is 2. The first-order valence-electron chi connectivity index (χ1n) is 8.47. The standard InChI is InChI=1S/C17H21BrN4O3S/c1-3-22-15(14(18)11(2)19-22)16(23)21-8-6-20(7-9-21)10-12-4-5-13(26-12)17(24)25/h4-5H,3,6-10H2,1-2H3,(H,24,25). The molecule has 3 rings (SSSR count). The van der Waals surface area contributed by atoms with E-state index in [2.05, 4.69) is 25.9 Å². The zero-order chi connectivity index (χ0) is 18.8. The van der Waals surface area contributed by atoms with E-state index in [4.69, 9.17) is 5.11 Å². The molecule has 2 aromatic rings. The maximum Gasteiger partial charge on any atom is 0.345 e. The number of aromatic carboxylic acids is 1. The minimum Gasteiger partial charge on any atom is -0.477 e. The van der Waals surface area contributed by atoms with Gasteiger partial charge in [0.2, 0.25) is 0 Å². The Labute approximate surface area is 164 Å². The number of thiophene rings is 1. The van der Waals surface area contributed by atoms with Crippen molar-refractivity contribution in [2.45, 2.75) is 26.9 Å². The molecule has 26 heavy (non-hydrogen) atoms. The maximum absolute atomic E-state index is 12.9. The van der Waals surface area contributed by atoms with E-state index in [1.807, 2.05) is 24.8 Å². The van der Waals surface area contributed by atoms with E-state index in [0.29, 0.717) is 30.2 Å². The van der Waals surface area contributed by atoms with Crippen LogP contribution in [0, 0.1) is 6.92 Å². The van der Waals surface area contributed by atoms with Crippen LogP contribution >= 0.6 is 27.3 Å². The molecule has 0 bridgehead atoms. The van der Waals surface area contributed by atoms with Gasteiger partial charge >= 0.3 is 5.97 Å². The van der Waals surface area contributed by atoms with Gasteiger partial charge < -0.3 is 10.0 Å². The lowest BCUT2D eigenvalue weighted by Gasteiger charge is -2.34. The molecule has 140 valence electrons. The van der Waals surface area contributed by atoms with Gasteiger partial charge in [0, 0.05) is 44.1 Å². The van der Waals surface area contributed by atoms with E-state index < -0.39 is 5.97 Å². The molecule has 1 fully saturated rings. The van der Waals surface area contributed by atoms with Crippen molar-refractivity contribution in [3.05, 3.63) is 37.7 Å². The predicted molar refractivity (Wildman–Crippen MR) is 103 cm³/mol. The molecule has 1 aliphatic rings. The van der Waals surface area contributed by atoms with Crippen molar-refractivity contribution >= 4 is 39.1 Å². The van der Waals surface area contributed by atoms with Crippen molar-refractivity contribution in [2.24, 2.45) is 0 Å². The third kappa shape index (κ3) is 3.84. The van der Waals surface area contributed by atoms with Crippen LogP contribution in [-0.2, 0) is 13.1 Å². The van der Waals surface area contributed by atoms with Crippen molar-refractivity contribution < 1.29 is 14.7 Å². The van der Waals surface area contributed by atoms with Gasteiger partial charge in [-0.1, -0.05) is 0 Å². The molecule has 7 nitrogen and oxygen atoms in total. The van der Waals surface area contributed by atoms with Crippen LogP contribution < -0.4 is 0 Å². The molecule has 2 aromatic heterocycles. The van der Waals surface area contributed by atoms with Gasteiger partial charge in [0.25, 0.3) is 5.91 Å². The van der Waals surface area contributed by atoms with Crippen LogP contribution in [0.3, 0.4) is 0 Å². The number of aromatic nitrogens is 2. The summed E-state index contributed by atoms with van der Waals surface area (Å²) in [5.74, 6) is -0.881. The summed E-state index contributed by atoms with van der Waals surface area (Å²) in [4.78, 5) is 29.4. The highest BCUT2D eigenvalue weighted by atomic mass is 79.9. The van der Waals surface area contributed by atoms with Gasteiger partial charge in [-0.15, -0.1) is 11.3 Å². The Hall–Kier alpha value is -1.71. The van der Waals surface area contributed by atoms with Crippen LogP contribution in [-0.4, -0.2) is 62.7 Å². The average Bonchev–Trinajstić information content (AvgIpc) is 3.20. The molecule has 0 aromatic carbocycles. The average molecular weight is 441 g/mol. The third-order valence-corrected chi connectivity index (χ3v) is 6.48. The molecule has 0 radical (unpaired) electrons. The molecule has 0 spiro atoms. The number of rotatable bonds is 5. The summed E-state index contributed by atoms with van der Waals surface area (Å²) in [5, 5.41) is 13.4. The summed E-state index contributed by atoms with van der Waals surface area (Å²) in [6.45, 7) is 8.06. The molecule has 1 amide bonds. The van der Waals surface area contributed by atoms with Crippen molar-refractivity contribution in [1.29, 1.82) is 0 Å². The Morgan fingerprint density at radius 1 is 1.27 bits per heavy atom. The van der Waals surface area contributed by atoms with Gasteiger partial charge in [0.1, 0.15) is 10.6 Å². The molecule has 0 unspecified atom stereocenters. The lowest BCUT2D eigenvalue weighted by molar-refractivity contribution is 0.0615. The highest BCUT2D eigenvalue weighted by molar-refractivity contribution is 9.10. The fourth-order valence-electron chi connectivity index (χ4n) is 3.05. The van der Waals surface area contributed by atoms with Crippen molar-refractivity contribution in [1.82, 2.24) is 19.6 Å². The number of hydrogen-bond acceptors (Lipinski definition) is 5. The molecule has 0 aliphatic carbocycles. The monoisotopic (exact) mass is 440 g/mol. The second-order valence-electron chi connectivity index (χ2n) is 6.20. The van der Waals surface area contributed by atoms with Crippen LogP contribution in [0.4, 0.5) is 0 Å². The smallest absolute Gasteiger partial charge is 0.345 e. The lowest BCUT2D eigenvalue weighted by atomic mass is 10.2. The Morgan fingerprint density at radius 3 is 2.54 bits per heavy atom. The molecule has 0 atom stereocenters. The minimum atomic E-state index is -0.884. The van der Waals surface area contributed by atoms with Gasteiger partial charge in [-0.05, 0) is 41.9 Å². The predicted octanol–water partition coefficient (Wildman–Crippen LogP) is 2.69. The van der Waals surface area contributed by atoms with Gasteiger partial charge in [-0.25, -0.2) is 4.79 Å². The number of piperazine rings is 1. The summed E-state index contributed by atoms with van der Waals surface area (Å²) < 4.78 is 2.51. The number of nitrogens with zero attached hydrogens (tertiary/aromatic N) is 4. The molecule has 1 aliphatic heterocycles. The van der Waals surface area contributed by atoms with E-state index >= 15 is 0 Å². The normalized spacial score (nSPS) is 15.4. The molecule has 0 saturated carbocycles. The zero-order valence-corrected chi connectivity index (χ0v) is 17.1. The first-order chi connectivity index (χ1) is 12.4. The van der Waals surface area contributed by atoms with Gasteiger partial charge in [-0.3, -0.25) is 14.4 Å². The Kier molecular flexibility index (Phi) is 5.79. The maximum atomic E-state index is 12.9. The molecule has 3 heterocycles. The van der Waals surface area contributed by atoms with E-state index in [-0.39, 0.29) is 5.91 Å². The first-order valence-corrected chi connectivity index (χ1v) is 10.1. The molecule has 1 N–H and O–H groups in total. The second-order valence-corrected chi connectivity index (χ2v) is 8.16. The van der Waals surface area contributed by atoms with Gasteiger partial charge in [0.05, 0.1) is 10.2 Å². The number of carboxylic acid groups (broad SMARTS) is 1. The number of carbonyl (C=O) groups excluding carboxylic acids is 1. The number of carboxylic acids is 1. The van der Waals surface area contributed by atoms with E-state index in [9.17, 15) is 9.59 Å². The summed E-state index contributed by atoms with van der Waals surface area (Å²) in [5.41, 5.74) is 1.43. The van der Waals surface area contributed by atoms with Crippen LogP contribution in [0.1, 0.15) is 37.7 Å². The molecule has 9 heteroatoms. The Bertz CT molecular complexity index is 824. The van der Waals surface area contributed by atoms with Gasteiger partial charge in [0.15, 0.2) is 0 Å². The number of halogens is 1. The SMILES string of the molecule is CCn1nc(C)c(Br)c1C(=O)N1CCN(Cc2ccc(C(=O)O)s2)CC1. The van der Waals surface area contributed by atoms with Crippen LogP contribution in [0.2, 0.25) is 0 Å². The largest absolute Gasteiger partial charge is 0.477 e. The summed E-state index contributed by atoms with van der Waals surface area (Å²) >= 11 is 4.80. The lowest BCUT2D eigenvalue weighted by Crippen LogP contribution is -2.48. The highest BCUT2D eigenvalue weighted by Crippen LogP contribution is 2.24. The summed E-state index contributed by atoms with van der Waals surface area (Å²) in [6.07, 6.45) is 0. The highest BCUT2D eigenvalue weighted by Gasteiger charge is 2.27. The molecular formula is C17H21BrN4O3S. The summed E-state index contributed by atoms with van der Waals surface area (Å²) in [6, 6.07) is 3.51. The van der Waals surface area contributed by atoms with Crippen LogP contribution in [0.25, 0.3) is 0 Å². The summed E-state index contributed by atoms with van der Waals surface area (Å²) in [7, 11) is 0. The zero-order valence-electron chi connectivity index (χ0n) is 14.7. The van der Waals surface area contributed by atoms with Crippen molar-refractivity contribution in [3.8, 4) is 0 Å². The fraction of sp³-hybridized carbons (Fsp3) is 0.471. The van der Waals surface area contributed by atoms with Crippen LogP contribution in [0.5, 0.6) is 0 Å². The van der Waals surface area contributed by atoms with E-state index in [0.717, 1.165) is 34.7 Å². The Balaban J connectivity index is 1.61. The van der Waals surface area contributed by atoms with Crippen molar-refractivity contribution in [3.63, 3.8) is 0 Å². The quantitative estimate of drug-likeness (QED) is 0.772. The van der Waals surface area contributed by atoms with Gasteiger partial charge in [-0.2, -0.15) is 5.10 Å². The topological polar surface area (TPSA) is 78.7 Å². The number of carbonyl (C=O) groups is 2. The Morgan fingerprint density at radius 2 is 1.96 bits per heavy atom. The van der Waals surface area contributed by atoms with E-state index in [1.54, 1.807) is 10.7 Å². The number of hydrogen-bond donors (Lipinski definition) is 1. The number of amides is 1. The van der Waals surface area contributed by atoms with Crippen molar-refractivity contribution in [2.75, 3.05) is 26.2 Å². The molecule has 1 saturated heterocycles. The van der Waals surface area contributed by atoms with Crippen LogP contribution in [0.15, 0.2) is 16.6 Å².